The minimum atomic E-state index is -0.438. The second-order valence-electron chi connectivity index (χ2n) is 6.14. The van der Waals surface area contributed by atoms with Crippen molar-refractivity contribution in [2.75, 3.05) is 0 Å². The standard InChI is InChI=1S/C19H21N5O2S/c1-3-10-24-18(21-11-22-24)12(2)23-19(26)14-6-4-13(5-7-14)15-8-9-16(27-15)17(20)25/h4-9,11-12H,3,10H2,1-2H3,(H2,20,25)(H,23,26). The first kappa shape index (κ1) is 18.8. The molecular weight excluding hydrogens is 362 g/mol. The van der Waals surface area contributed by atoms with E-state index in [1.54, 1.807) is 22.9 Å². The Balaban J connectivity index is 1.69. The Morgan fingerprint density at radius 2 is 1.96 bits per heavy atom. The summed E-state index contributed by atoms with van der Waals surface area (Å²) in [7, 11) is 0. The van der Waals surface area contributed by atoms with Crippen LogP contribution in [0.5, 0.6) is 0 Å². The molecule has 0 saturated heterocycles. The molecule has 2 heterocycles. The molecule has 0 fully saturated rings. The molecule has 1 atom stereocenters. The van der Waals surface area contributed by atoms with Gasteiger partial charge in [0.15, 0.2) is 0 Å². The molecule has 3 N–H and O–H groups in total. The number of aryl methyl sites for hydroxylation is 1. The van der Waals surface area contributed by atoms with Crippen LogP contribution in [0.4, 0.5) is 0 Å². The Hall–Kier alpha value is -3.00. The minimum absolute atomic E-state index is 0.177. The first-order valence-corrected chi connectivity index (χ1v) is 9.50. The fraction of sp³-hybridized carbons (Fsp3) is 0.263. The molecule has 2 amide bonds. The van der Waals surface area contributed by atoms with Gasteiger partial charge >= 0.3 is 0 Å². The first-order valence-electron chi connectivity index (χ1n) is 8.68. The second-order valence-corrected chi connectivity index (χ2v) is 7.23. The van der Waals surface area contributed by atoms with Gasteiger partial charge in [0.25, 0.3) is 11.8 Å². The second kappa shape index (κ2) is 8.13. The predicted molar refractivity (Wildman–Crippen MR) is 104 cm³/mol. The fourth-order valence-corrected chi connectivity index (χ4v) is 3.61. The number of rotatable bonds is 7. The van der Waals surface area contributed by atoms with Gasteiger partial charge in [-0.3, -0.25) is 9.59 Å². The van der Waals surface area contributed by atoms with Crippen molar-refractivity contribution in [3.63, 3.8) is 0 Å². The molecule has 0 radical (unpaired) electrons. The van der Waals surface area contributed by atoms with Gasteiger partial charge < -0.3 is 11.1 Å². The zero-order valence-corrected chi connectivity index (χ0v) is 16.0. The molecule has 7 nitrogen and oxygen atoms in total. The van der Waals surface area contributed by atoms with Crippen molar-refractivity contribution in [1.29, 1.82) is 0 Å². The number of hydrogen-bond donors (Lipinski definition) is 2. The minimum Gasteiger partial charge on any atom is -0.365 e. The van der Waals surface area contributed by atoms with E-state index in [0.29, 0.717) is 10.4 Å². The lowest BCUT2D eigenvalue weighted by Gasteiger charge is -2.14. The van der Waals surface area contributed by atoms with Gasteiger partial charge in [-0.2, -0.15) is 5.10 Å². The SMILES string of the molecule is CCCn1ncnc1C(C)NC(=O)c1ccc(-c2ccc(C(N)=O)s2)cc1. The molecule has 0 aliphatic carbocycles. The first-order chi connectivity index (χ1) is 13.0. The summed E-state index contributed by atoms with van der Waals surface area (Å²) in [6, 6.07) is 10.5. The number of thiophene rings is 1. The molecule has 1 aromatic carbocycles. The maximum absolute atomic E-state index is 12.5. The number of nitrogens with one attached hydrogen (secondary N) is 1. The Bertz CT molecular complexity index is 945. The number of nitrogens with two attached hydrogens (primary N) is 1. The average Bonchev–Trinajstić information content (AvgIpc) is 3.32. The maximum atomic E-state index is 12.5. The Kier molecular flexibility index (Phi) is 5.66. The van der Waals surface area contributed by atoms with Crippen LogP contribution in [0.15, 0.2) is 42.7 Å². The molecule has 2 aromatic heterocycles. The van der Waals surface area contributed by atoms with E-state index in [1.807, 2.05) is 25.1 Å². The number of primary amides is 1. The molecule has 3 rings (SSSR count). The van der Waals surface area contributed by atoms with Crippen molar-refractivity contribution in [1.82, 2.24) is 20.1 Å². The van der Waals surface area contributed by atoms with Gasteiger partial charge in [-0.15, -0.1) is 11.3 Å². The van der Waals surface area contributed by atoms with E-state index in [0.717, 1.165) is 29.2 Å². The zero-order valence-electron chi connectivity index (χ0n) is 15.2. The van der Waals surface area contributed by atoms with Crippen LogP contribution in [0.25, 0.3) is 10.4 Å². The number of hydrogen-bond acceptors (Lipinski definition) is 5. The Morgan fingerprint density at radius 3 is 2.59 bits per heavy atom. The van der Waals surface area contributed by atoms with Crippen LogP contribution in [0.2, 0.25) is 0 Å². The topological polar surface area (TPSA) is 103 Å². The van der Waals surface area contributed by atoms with E-state index in [9.17, 15) is 9.59 Å². The van der Waals surface area contributed by atoms with E-state index in [2.05, 4.69) is 22.3 Å². The summed E-state index contributed by atoms with van der Waals surface area (Å²) in [5, 5.41) is 7.14. The highest BCUT2D eigenvalue weighted by Crippen LogP contribution is 2.28. The van der Waals surface area contributed by atoms with Gasteiger partial charge in [-0.25, -0.2) is 9.67 Å². The third kappa shape index (κ3) is 4.22. The maximum Gasteiger partial charge on any atom is 0.258 e. The molecule has 27 heavy (non-hydrogen) atoms. The molecule has 0 aliphatic heterocycles. The van der Waals surface area contributed by atoms with Gasteiger partial charge in [0.05, 0.1) is 10.9 Å². The van der Waals surface area contributed by atoms with Crippen molar-refractivity contribution in [2.24, 2.45) is 5.73 Å². The average molecular weight is 383 g/mol. The van der Waals surface area contributed by atoms with Crippen molar-refractivity contribution in [3.05, 3.63) is 59.0 Å². The number of aromatic nitrogens is 3. The smallest absolute Gasteiger partial charge is 0.258 e. The lowest BCUT2D eigenvalue weighted by molar-refractivity contribution is 0.0936. The van der Waals surface area contributed by atoms with Crippen LogP contribution in [0.1, 0.15) is 52.2 Å². The molecule has 0 aliphatic rings. The monoisotopic (exact) mass is 383 g/mol. The van der Waals surface area contributed by atoms with Crippen molar-refractivity contribution < 1.29 is 9.59 Å². The number of carbonyl (C=O) groups excluding carboxylic acids is 2. The number of carbonyl (C=O) groups is 2. The van der Waals surface area contributed by atoms with E-state index < -0.39 is 5.91 Å². The highest BCUT2D eigenvalue weighted by atomic mass is 32.1. The highest BCUT2D eigenvalue weighted by molar-refractivity contribution is 7.17. The predicted octanol–water partition coefficient (Wildman–Crippen LogP) is 3.01. The normalized spacial score (nSPS) is 11.9. The largest absolute Gasteiger partial charge is 0.365 e. The van der Waals surface area contributed by atoms with Gasteiger partial charge in [0, 0.05) is 17.0 Å². The lowest BCUT2D eigenvalue weighted by atomic mass is 10.1. The molecule has 0 bridgehead atoms. The fourth-order valence-electron chi connectivity index (χ4n) is 2.75. The van der Waals surface area contributed by atoms with Crippen molar-refractivity contribution >= 4 is 23.2 Å². The summed E-state index contributed by atoms with van der Waals surface area (Å²) in [6.07, 6.45) is 2.45. The van der Waals surface area contributed by atoms with Crippen LogP contribution in [-0.4, -0.2) is 26.6 Å². The molecule has 0 saturated carbocycles. The van der Waals surface area contributed by atoms with Crippen LogP contribution < -0.4 is 11.1 Å². The third-order valence-corrected chi connectivity index (χ3v) is 5.25. The highest BCUT2D eigenvalue weighted by Gasteiger charge is 2.16. The summed E-state index contributed by atoms with van der Waals surface area (Å²) in [5.74, 6) is 0.121. The Morgan fingerprint density at radius 1 is 1.22 bits per heavy atom. The number of amides is 2. The molecular formula is C19H21N5O2S. The van der Waals surface area contributed by atoms with E-state index >= 15 is 0 Å². The van der Waals surface area contributed by atoms with E-state index in [4.69, 9.17) is 5.73 Å². The van der Waals surface area contributed by atoms with Crippen molar-refractivity contribution in [3.8, 4) is 10.4 Å². The Labute approximate surface area is 161 Å². The molecule has 8 heteroatoms. The van der Waals surface area contributed by atoms with Gasteiger partial charge in [0.2, 0.25) is 0 Å². The lowest BCUT2D eigenvalue weighted by Crippen LogP contribution is -2.29. The molecule has 1 unspecified atom stereocenters. The van der Waals surface area contributed by atoms with E-state index in [1.165, 1.54) is 17.7 Å². The summed E-state index contributed by atoms with van der Waals surface area (Å²) < 4.78 is 1.81. The summed E-state index contributed by atoms with van der Waals surface area (Å²) >= 11 is 1.33. The van der Waals surface area contributed by atoms with Gasteiger partial charge in [0.1, 0.15) is 12.2 Å². The zero-order chi connectivity index (χ0) is 19.4. The van der Waals surface area contributed by atoms with E-state index in [-0.39, 0.29) is 11.9 Å². The van der Waals surface area contributed by atoms with Crippen LogP contribution >= 0.6 is 11.3 Å². The quantitative estimate of drug-likeness (QED) is 0.654. The number of nitrogens with zero attached hydrogens (tertiary/aromatic N) is 3. The van der Waals surface area contributed by atoms with Gasteiger partial charge in [-0.1, -0.05) is 19.1 Å². The summed E-state index contributed by atoms with van der Waals surface area (Å²) in [5.41, 5.74) is 6.78. The van der Waals surface area contributed by atoms with Crippen molar-refractivity contribution in [2.45, 2.75) is 32.9 Å². The molecule has 0 spiro atoms. The molecule has 3 aromatic rings. The molecule has 140 valence electrons. The van der Waals surface area contributed by atoms with Crippen LogP contribution in [-0.2, 0) is 6.54 Å². The summed E-state index contributed by atoms with van der Waals surface area (Å²) in [4.78, 5) is 29.4. The summed E-state index contributed by atoms with van der Waals surface area (Å²) in [6.45, 7) is 4.72. The number of benzene rings is 1. The van der Waals surface area contributed by atoms with Crippen LogP contribution in [0.3, 0.4) is 0 Å². The van der Waals surface area contributed by atoms with Crippen LogP contribution in [0, 0.1) is 0 Å². The third-order valence-electron chi connectivity index (χ3n) is 4.10. The van der Waals surface area contributed by atoms with Gasteiger partial charge in [-0.05, 0) is 43.2 Å².